The number of methoxy groups -OCH3 is 1. The molecule has 0 amide bonds. The van der Waals surface area contributed by atoms with Crippen molar-refractivity contribution in [2.75, 3.05) is 7.11 Å². The maximum Gasteiger partial charge on any atom is 0.163 e. The molecule has 2 rings (SSSR count). The number of benzene rings is 1. The summed E-state index contributed by atoms with van der Waals surface area (Å²) in [7, 11) is 1.64. The van der Waals surface area contributed by atoms with Gasteiger partial charge in [-0.05, 0) is 23.1 Å². The molecule has 0 radical (unpaired) electrons. The first-order chi connectivity index (χ1) is 8.91. The van der Waals surface area contributed by atoms with Crippen LogP contribution < -0.4 is 0 Å². The number of ketones is 1. The molecular formula is C16H19ClO2. The Morgan fingerprint density at radius 2 is 1.84 bits per heavy atom. The van der Waals surface area contributed by atoms with Gasteiger partial charge in [0.25, 0.3) is 0 Å². The average Bonchev–Trinajstić information content (AvgIpc) is 2.34. The molecule has 0 unspecified atom stereocenters. The second-order valence-corrected chi connectivity index (χ2v) is 6.29. The zero-order valence-electron chi connectivity index (χ0n) is 11.6. The monoisotopic (exact) mass is 278 g/mol. The lowest BCUT2D eigenvalue weighted by Crippen LogP contribution is -2.27. The minimum absolute atomic E-state index is 0.00801. The Balaban J connectivity index is 2.28. The van der Waals surface area contributed by atoms with Crippen LogP contribution in [0.25, 0.3) is 0 Å². The summed E-state index contributed by atoms with van der Waals surface area (Å²) >= 11 is 5.87. The zero-order valence-corrected chi connectivity index (χ0v) is 12.4. The van der Waals surface area contributed by atoms with Crippen LogP contribution in [-0.2, 0) is 16.0 Å². The van der Waals surface area contributed by atoms with Crippen molar-refractivity contribution in [3.8, 4) is 0 Å². The molecule has 1 aliphatic carbocycles. The predicted molar refractivity (Wildman–Crippen MR) is 77.2 cm³/mol. The normalized spacial score (nSPS) is 18.6. The Morgan fingerprint density at radius 1 is 1.21 bits per heavy atom. The van der Waals surface area contributed by atoms with Crippen molar-refractivity contribution in [2.45, 2.75) is 33.1 Å². The highest BCUT2D eigenvalue weighted by molar-refractivity contribution is 6.30. The van der Waals surface area contributed by atoms with Gasteiger partial charge < -0.3 is 4.74 Å². The Morgan fingerprint density at radius 3 is 2.42 bits per heavy atom. The third-order valence-corrected chi connectivity index (χ3v) is 3.74. The molecule has 1 aromatic rings. The molecule has 2 nitrogen and oxygen atoms in total. The smallest absolute Gasteiger partial charge is 0.163 e. The van der Waals surface area contributed by atoms with Crippen molar-refractivity contribution in [3.05, 3.63) is 46.2 Å². The van der Waals surface area contributed by atoms with E-state index in [4.69, 9.17) is 16.3 Å². The van der Waals surface area contributed by atoms with E-state index < -0.39 is 0 Å². The summed E-state index contributed by atoms with van der Waals surface area (Å²) < 4.78 is 5.44. The van der Waals surface area contributed by atoms with E-state index >= 15 is 0 Å². The topological polar surface area (TPSA) is 26.3 Å². The zero-order chi connectivity index (χ0) is 14.0. The van der Waals surface area contributed by atoms with Crippen LogP contribution in [-0.4, -0.2) is 12.9 Å². The van der Waals surface area contributed by atoms with Gasteiger partial charge in [0.2, 0.25) is 0 Å². The number of carbonyl (C=O) groups is 1. The number of allylic oxidation sites excluding steroid dienone is 2. The van der Waals surface area contributed by atoms with Crippen LogP contribution in [0.5, 0.6) is 0 Å². The molecule has 0 atom stereocenters. The summed E-state index contributed by atoms with van der Waals surface area (Å²) in [5.74, 6) is 1.03. The van der Waals surface area contributed by atoms with Crippen molar-refractivity contribution >= 4 is 17.4 Å². The van der Waals surface area contributed by atoms with Crippen molar-refractivity contribution in [2.24, 2.45) is 5.41 Å². The minimum Gasteiger partial charge on any atom is -0.501 e. The fraction of sp³-hybridized carbons (Fsp3) is 0.438. The molecule has 0 fully saturated rings. The molecule has 0 aromatic heterocycles. The van der Waals surface area contributed by atoms with Crippen molar-refractivity contribution in [3.63, 3.8) is 0 Å². The van der Waals surface area contributed by atoms with Crippen LogP contribution in [0.1, 0.15) is 32.3 Å². The van der Waals surface area contributed by atoms with Gasteiger partial charge in [0.05, 0.1) is 7.11 Å². The van der Waals surface area contributed by atoms with Crippen LogP contribution >= 0.6 is 11.6 Å². The molecule has 102 valence electrons. The second-order valence-electron chi connectivity index (χ2n) is 5.85. The van der Waals surface area contributed by atoms with Gasteiger partial charge in [-0.15, -0.1) is 0 Å². The highest BCUT2D eigenvalue weighted by Crippen LogP contribution is 2.38. The average molecular weight is 279 g/mol. The van der Waals surface area contributed by atoms with Crippen LogP contribution in [0.2, 0.25) is 5.02 Å². The summed E-state index contributed by atoms with van der Waals surface area (Å²) in [6.45, 7) is 4.20. The summed E-state index contributed by atoms with van der Waals surface area (Å²) in [6, 6.07) is 7.60. The lowest BCUT2D eigenvalue weighted by atomic mass is 9.75. The van der Waals surface area contributed by atoms with Gasteiger partial charge in [0.15, 0.2) is 5.78 Å². The molecule has 0 spiro atoms. The third-order valence-electron chi connectivity index (χ3n) is 3.49. The quantitative estimate of drug-likeness (QED) is 0.829. The predicted octanol–water partition coefficient (Wildman–Crippen LogP) is 4.17. The molecule has 0 saturated heterocycles. The summed E-state index contributed by atoms with van der Waals surface area (Å²) in [6.07, 6.45) is 2.02. The number of hydrogen-bond acceptors (Lipinski definition) is 2. The highest BCUT2D eigenvalue weighted by atomic mass is 35.5. The van der Waals surface area contributed by atoms with Crippen LogP contribution in [0.4, 0.5) is 0 Å². The number of Topliss-reactive ketones (excluding diaryl/α,β-unsaturated/α-hetero) is 1. The van der Waals surface area contributed by atoms with Crippen LogP contribution in [0, 0.1) is 5.41 Å². The van der Waals surface area contributed by atoms with Gasteiger partial charge >= 0.3 is 0 Å². The fourth-order valence-corrected chi connectivity index (χ4v) is 2.63. The number of carbonyl (C=O) groups excluding carboxylic acids is 1. The Kier molecular flexibility index (Phi) is 4.00. The summed E-state index contributed by atoms with van der Waals surface area (Å²) in [4.78, 5) is 12.3. The standard InChI is InChI=1S/C16H19ClO2/c1-16(2)9-14(18)13(15(10-16)19-3)8-11-4-6-12(17)7-5-11/h4-7H,8-10H2,1-3H3. The third kappa shape index (κ3) is 3.38. The van der Waals surface area contributed by atoms with Gasteiger partial charge in [-0.25, -0.2) is 0 Å². The van der Waals surface area contributed by atoms with E-state index in [1.165, 1.54) is 0 Å². The molecule has 0 bridgehead atoms. The van der Waals surface area contributed by atoms with E-state index in [0.29, 0.717) is 17.9 Å². The maximum atomic E-state index is 12.3. The lowest BCUT2D eigenvalue weighted by molar-refractivity contribution is -0.118. The van der Waals surface area contributed by atoms with Gasteiger partial charge in [-0.2, -0.15) is 0 Å². The molecule has 0 heterocycles. The summed E-state index contributed by atoms with van der Waals surface area (Å²) in [5, 5.41) is 0.709. The first-order valence-corrected chi connectivity index (χ1v) is 6.83. The lowest BCUT2D eigenvalue weighted by Gasteiger charge is -2.31. The number of ether oxygens (including phenoxy) is 1. The highest BCUT2D eigenvalue weighted by Gasteiger charge is 2.33. The molecule has 1 aliphatic rings. The summed E-state index contributed by atoms with van der Waals surface area (Å²) in [5.41, 5.74) is 1.89. The minimum atomic E-state index is -0.00801. The Labute approximate surface area is 119 Å². The molecule has 0 saturated carbocycles. The Bertz CT molecular complexity index is 512. The Hall–Kier alpha value is -1.28. The number of halogens is 1. The molecule has 0 aliphatic heterocycles. The fourth-order valence-electron chi connectivity index (χ4n) is 2.50. The van der Waals surface area contributed by atoms with E-state index in [1.54, 1.807) is 7.11 Å². The van der Waals surface area contributed by atoms with Gasteiger partial charge in [-0.3, -0.25) is 4.79 Å². The van der Waals surface area contributed by atoms with E-state index in [1.807, 2.05) is 24.3 Å². The molecule has 1 aromatic carbocycles. The van der Waals surface area contributed by atoms with Crippen LogP contribution in [0.15, 0.2) is 35.6 Å². The van der Waals surface area contributed by atoms with E-state index in [9.17, 15) is 4.79 Å². The number of hydrogen-bond donors (Lipinski definition) is 0. The first-order valence-electron chi connectivity index (χ1n) is 6.45. The van der Waals surface area contributed by atoms with Gasteiger partial charge in [0, 0.05) is 29.9 Å². The van der Waals surface area contributed by atoms with Crippen LogP contribution in [0.3, 0.4) is 0 Å². The molecule has 3 heteroatoms. The van der Waals surface area contributed by atoms with E-state index in [-0.39, 0.29) is 11.2 Å². The van der Waals surface area contributed by atoms with Crippen molar-refractivity contribution < 1.29 is 9.53 Å². The van der Waals surface area contributed by atoms with E-state index in [0.717, 1.165) is 23.3 Å². The molecule has 19 heavy (non-hydrogen) atoms. The van der Waals surface area contributed by atoms with Gasteiger partial charge in [-0.1, -0.05) is 37.6 Å². The largest absolute Gasteiger partial charge is 0.501 e. The first kappa shape index (κ1) is 14.1. The molecular weight excluding hydrogens is 260 g/mol. The SMILES string of the molecule is COC1=C(Cc2ccc(Cl)cc2)C(=O)CC(C)(C)C1. The van der Waals surface area contributed by atoms with Crippen molar-refractivity contribution in [1.29, 1.82) is 0 Å². The number of rotatable bonds is 3. The van der Waals surface area contributed by atoms with Crippen molar-refractivity contribution in [1.82, 2.24) is 0 Å². The van der Waals surface area contributed by atoms with E-state index in [2.05, 4.69) is 13.8 Å². The maximum absolute atomic E-state index is 12.3. The van der Waals surface area contributed by atoms with Gasteiger partial charge in [0.1, 0.15) is 5.76 Å². The second kappa shape index (κ2) is 5.38. The molecule has 0 N–H and O–H groups in total.